The molecular formula is C53H102O17P2. The molecule has 426 valence electrons. The molecule has 0 saturated carbocycles. The summed E-state index contributed by atoms with van der Waals surface area (Å²) in [5, 5.41) is 10.4. The number of ether oxygens (including phenoxy) is 4. The molecule has 0 radical (unpaired) electrons. The molecule has 0 amide bonds. The largest absolute Gasteiger partial charge is 0.472 e. The van der Waals surface area contributed by atoms with Crippen molar-refractivity contribution in [1.82, 2.24) is 0 Å². The normalized spacial score (nSPS) is 14.5. The number of carbonyl (C=O) groups is 4. The summed E-state index contributed by atoms with van der Waals surface area (Å²) in [5.41, 5.74) is 0. The Labute approximate surface area is 435 Å². The number of aliphatic hydroxyl groups is 1. The van der Waals surface area contributed by atoms with Gasteiger partial charge in [-0.3, -0.25) is 37.3 Å². The van der Waals surface area contributed by atoms with Crippen LogP contribution < -0.4 is 0 Å². The topological polar surface area (TPSA) is 237 Å². The highest BCUT2D eigenvalue weighted by Crippen LogP contribution is 2.45. The fourth-order valence-electron chi connectivity index (χ4n) is 7.69. The Hall–Kier alpha value is -1.94. The van der Waals surface area contributed by atoms with Crippen LogP contribution in [0.15, 0.2) is 0 Å². The van der Waals surface area contributed by atoms with Crippen LogP contribution in [0.5, 0.6) is 0 Å². The molecule has 5 atom stereocenters. The van der Waals surface area contributed by atoms with Crippen LogP contribution in [0.1, 0.15) is 259 Å². The van der Waals surface area contributed by atoms with Crippen molar-refractivity contribution in [2.75, 3.05) is 39.6 Å². The van der Waals surface area contributed by atoms with Crippen molar-refractivity contribution in [3.05, 3.63) is 0 Å². The third kappa shape index (κ3) is 47.8. The lowest BCUT2D eigenvalue weighted by molar-refractivity contribution is -0.161. The minimum Gasteiger partial charge on any atom is -0.462 e. The lowest BCUT2D eigenvalue weighted by atomic mass is 10.0. The van der Waals surface area contributed by atoms with Crippen LogP contribution in [0.2, 0.25) is 0 Å². The lowest BCUT2D eigenvalue weighted by Crippen LogP contribution is -2.30. The standard InChI is InChI=1S/C53H102O17P2/c1-5-9-13-17-19-21-22-23-24-25-26-28-29-31-35-38-51(56)64-44-48(69-52(57)39-34-16-12-8-4)45-67-71(59,60)65-41-47(54)42-66-72(61,62)68-46-49(43-63-50(55)37-33-15-11-7-3)70-53(58)40-36-32-30-27-20-18-14-10-6-2/h47-49,54H,5-46H2,1-4H3,(H,59,60)(H,61,62)/t47-,48-,49-/m1/s1. The van der Waals surface area contributed by atoms with Gasteiger partial charge in [-0.2, -0.15) is 0 Å². The van der Waals surface area contributed by atoms with E-state index in [4.69, 9.17) is 37.0 Å². The zero-order chi connectivity index (χ0) is 53.4. The van der Waals surface area contributed by atoms with Crippen molar-refractivity contribution >= 4 is 39.5 Å². The second-order valence-corrected chi connectivity index (χ2v) is 22.2. The number of hydrogen-bond acceptors (Lipinski definition) is 15. The van der Waals surface area contributed by atoms with E-state index in [2.05, 4.69) is 13.8 Å². The van der Waals surface area contributed by atoms with Gasteiger partial charge in [-0.1, -0.05) is 207 Å². The number of phosphoric ester groups is 2. The van der Waals surface area contributed by atoms with E-state index in [1.165, 1.54) is 96.3 Å². The molecule has 0 aliphatic rings. The van der Waals surface area contributed by atoms with Gasteiger partial charge < -0.3 is 33.8 Å². The second-order valence-electron chi connectivity index (χ2n) is 19.3. The van der Waals surface area contributed by atoms with Crippen molar-refractivity contribution < 1.29 is 80.2 Å². The molecule has 0 aliphatic heterocycles. The van der Waals surface area contributed by atoms with E-state index in [0.717, 1.165) is 83.5 Å². The van der Waals surface area contributed by atoms with Gasteiger partial charge in [-0.15, -0.1) is 0 Å². The van der Waals surface area contributed by atoms with E-state index in [1.54, 1.807) is 0 Å². The maximum absolute atomic E-state index is 12.8. The minimum atomic E-state index is -4.92. The molecule has 3 N–H and O–H groups in total. The molecular weight excluding hydrogens is 971 g/mol. The summed E-state index contributed by atoms with van der Waals surface area (Å²) in [5.74, 6) is -2.18. The first-order valence-electron chi connectivity index (χ1n) is 28.3. The number of esters is 4. The van der Waals surface area contributed by atoms with Crippen molar-refractivity contribution in [3.8, 4) is 0 Å². The van der Waals surface area contributed by atoms with Crippen LogP contribution in [-0.2, 0) is 65.4 Å². The molecule has 0 saturated heterocycles. The van der Waals surface area contributed by atoms with E-state index in [1.807, 2.05) is 13.8 Å². The molecule has 0 aromatic rings. The first-order valence-corrected chi connectivity index (χ1v) is 31.3. The van der Waals surface area contributed by atoms with Gasteiger partial charge in [0.2, 0.25) is 0 Å². The highest BCUT2D eigenvalue weighted by molar-refractivity contribution is 7.47. The van der Waals surface area contributed by atoms with Gasteiger partial charge in [0.1, 0.15) is 19.3 Å². The van der Waals surface area contributed by atoms with E-state index >= 15 is 0 Å². The predicted molar refractivity (Wildman–Crippen MR) is 280 cm³/mol. The van der Waals surface area contributed by atoms with Crippen LogP contribution in [0.25, 0.3) is 0 Å². The van der Waals surface area contributed by atoms with Gasteiger partial charge >= 0.3 is 39.5 Å². The van der Waals surface area contributed by atoms with Crippen LogP contribution >= 0.6 is 15.6 Å². The Morgan fingerprint density at radius 2 is 0.556 bits per heavy atom. The van der Waals surface area contributed by atoms with Crippen LogP contribution in [0.3, 0.4) is 0 Å². The fraction of sp³-hybridized carbons (Fsp3) is 0.925. The first-order chi connectivity index (χ1) is 34.7. The zero-order valence-corrected chi connectivity index (χ0v) is 47.2. The zero-order valence-electron chi connectivity index (χ0n) is 45.4. The van der Waals surface area contributed by atoms with Gasteiger partial charge in [-0.25, -0.2) is 9.13 Å². The smallest absolute Gasteiger partial charge is 0.462 e. The molecule has 0 spiro atoms. The quantitative estimate of drug-likeness (QED) is 0.0222. The Morgan fingerprint density at radius 1 is 0.333 bits per heavy atom. The molecule has 0 rings (SSSR count). The molecule has 72 heavy (non-hydrogen) atoms. The van der Waals surface area contributed by atoms with Crippen molar-refractivity contribution in [3.63, 3.8) is 0 Å². The van der Waals surface area contributed by atoms with Gasteiger partial charge in [0.05, 0.1) is 26.4 Å². The molecule has 0 bridgehead atoms. The van der Waals surface area contributed by atoms with Crippen LogP contribution in [-0.4, -0.2) is 96.7 Å². The molecule has 0 heterocycles. The molecule has 0 aliphatic carbocycles. The van der Waals surface area contributed by atoms with Gasteiger partial charge in [0.15, 0.2) is 12.2 Å². The molecule has 17 nitrogen and oxygen atoms in total. The van der Waals surface area contributed by atoms with Gasteiger partial charge in [0, 0.05) is 25.7 Å². The van der Waals surface area contributed by atoms with E-state index in [9.17, 15) is 43.2 Å². The number of unbranched alkanes of at least 4 members (excludes halogenated alkanes) is 28. The summed E-state index contributed by atoms with van der Waals surface area (Å²) < 4.78 is 66.9. The summed E-state index contributed by atoms with van der Waals surface area (Å²) in [6.45, 7) is 4.54. The monoisotopic (exact) mass is 1070 g/mol. The van der Waals surface area contributed by atoms with Crippen LogP contribution in [0.4, 0.5) is 0 Å². The highest BCUT2D eigenvalue weighted by atomic mass is 31.2. The predicted octanol–water partition coefficient (Wildman–Crippen LogP) is 13.6. The third-order valence-electron chi connectivity index (χ3n) is 12.1. The number of hydrogen-bond donors (Lipinski definition) is 3. The summed E-state index contributed by atoms with van der Waals surface area (Å²) in [6.07, 6.45) is 30.5. The van der Waals surface area contributed by atoms with Gasteiger partial charge in [0.25, 0.3) is 0 Å². The number of aliphatic hydroxyl groups excluding tert-OH is 1. The molecule has 0 aromatic carbocycles. The average Bonchev–Trinajstić information content (AvgIpc) is 3.35. The van der Waals surface area contributed by atoms with E-state index in [0.29, 0.717) is 25.7 Å². The van der Waals surface area contributed by atoms with Gasteiger partial charge in [-0.05, 0) is 25.7 Å². The van der Waals surface area contributed by atoms with Crippen molar-refractivity contribution in [1.29, 1.82) is 0 Å². The van der Waals surface area contributed by atoms with Crippen molar-refractivity contribution in [2.45, 2.75) is 277 Å². The number of phosphoric acid groups is 2. The van der Waals surface area contributed by atoms with E-state index < -0.39 is 97.5 Å². The lowest BCUT2D eigenvalue weighted by Gasteiger charge is -2.21. The minimum absolute atomic E-state index is 0.0966. The molecule has 19 heteroatoms. The summed E-state index contributed by atoms with van der Waals surface area (Å²) in [6, 6.07) is 0. The maximum atomic E-state index is 12.8. The SMILES string of the molecule is CCCCCCCCCCCCCCCCCC(=O)OC[C@H](COP(=O)(O)OC[C@@H](O)COP(=O)(O)OC[C@@H](COC(=O)CCCCCC)OC(=O)CCCCCCCCCCC)OC(=O)CCCCCC. The Balaban J connectivity index is 4.96. The first kappa shape index (κ1) is 70.1. The average molecular weight is 1070 g/mol. The summed E-state index contributed by atoms with van der Waals surface area (Å²) in [4.78, 5) is 70.9. The Morgan fingerprint density at radius 3 is 0.833 bits per heavy atom. The maximum Gasteiger partial charge on any atom is 0.472 e. The van der Waals surface area contributed by atoms with Crippen molar-refractivity contribution in [2.24, 2.45) is 0 Å². The molecule has 0 aromatic heterocycles. The van der Waals surface area contributed by atoms with Crippen LogP contribution in [0, 0.1) is 0 Å². The van der Waals surface area contributed by atoms with E-state index in [-0.39, 0.29) is 25.7 Å². The molecule has 2 unspecified atom stereocenters. The summed E-state index contributed by atoms with van der Waals surface area (Å²) in [7, 11) is -9.83. The fourth-order valence-corrected chi connectivity index (χ4v) is 9.27. The number of rotatable bonds is 54. The molecule has 0 fully saturated rings. The summed E-state index contributed by atoms with van der Waals surface area (Å²) >= 11 is 0. The third-order valence-corrected chi connectivity index (χ3v) is 14.0. The Kier molecular flexibility index (Phi) is 47.4. The Bertz CT molecular complexity index is 1420. The highest BCUT2D eigenvalue weighted by Gasteiger charge is 2.30. The number of carbonyl (C=O) groups excluding carboxylic acids is 4. The second kappa shape index (κ2) is 48.7.